The van der Waals surface area contributed by atoms with E-state index < -0.39 is 0 Å². The van der Waals surface area contributed by atoms with Crippen molar-refractivity contribution in [1.82, 2.24) is 0 Å². The smallest absolute Gasteiger partial charge is 0.108 e. The van der Waals surface area contributed by atoms with Gasteiger partial charge < -0.3 is 5.11 Å². The quantitative estimate of drug-likeness (QED) is 0.339. The van der Waals surface area contributed by atoms with Crippen molar-refractivity contribution in [1.29, 1.82) is 0 Å². The number of aliphatic hydroxyl groups excluding tert-OH is 1. The third-order valence-corrected chi connectivity index (χ3v) is 0.403. The molecule has 0 aromatic rings. The highest BCUT2D eigenvalue weighted by Crippen LogP contribution is 1.85. The van der Waals surface area contributed by atoms with Crippen LogP contribution in [0, 0.1) is 12.0 Å². The lowest BCUT2D eigenvalue weighted by molar-refractivity contribution is 0.516. The van der Waals surface area contributed by atoms with E-state index in [1.165, 1.54) is 0 Å². The second-order valence-corrected chi connectivity index (χ2v) is 1.71. The Morgan fingerprint density at radius 3 is 2.33 bits per heavy atom. The van der Waals surface area contributed by atoms with Gasteiger partial charge in [0.1, 0.15) is 6.11 Å². The number of aliphatic hydroxyl groups is 1. The van der Waals surface area contributed by atoms with Crippen LogP contribution in [-0.4, -0.2) is 10.4 Å². The normalized spacial score (nSPS) is 11.7. The second kappa shape index (κ2) is 2.92. The van der Waals surface area contributed by atoms with Gasteiger partial charge in [0.25, 0.3) is 0 Å². The van der Waals surface area contributed by atoms with Gasteiger partial charge in [-0.15, -0.1) is 0 Å². The van der Waals surface area contributed by atoms with Gasteiger partial charge in [0.2, 0.25) is 0 Å². The van der Waals surface area contributed by atoms with Crippen molar-refractivity contribution < 1.29 is 5.11 Å². The molecule has 0 aromatic heterocycles. The summed E-state index contributed by atoms with van der Waals surface area (Å²) in [5, 5.41) is 7.81. The van der Waals surface area contributed by atoms with Gasteiger partial charge in [-0.05, 0) is 12.8 Å². The average Bonchev–Trinajstić information content (AvgIpc) is 1.35. The summed E-state index contributed by atoms with van der Waals surface area (Å²) in [4.78, 5) is 0. The molecule has 0 spiro atoms. The minimum absolute atomic E-state index is 0.0185. The molecule has 0 saturated heterocycles. The summed E-state index contributed by atoms with van der Waals surface area (Å²) in [6.07, 6.45) is 1.74. The van der Waals surface area contributed by atoms with Gasteiger partial charge in [-0.3, -0.25) is 0 Å². The summed E-state index contributed by atoms with van der Waals surface area (Å²) >= 11 is 3.84. The van der Waals surface area contributed by atoms with Crippen LogP contribution in [0.15, 0.2) is 0 Å². The molecule has 0 amide bonds. The fourth-order valence-corrected chi connectivity index (χ4v) is 0.151. The molecular weight excluding hydrogens is 96.1 g/mol. The third-order valence-electron chi connectivity index (χ3n) is 0.273. The number of hydrogen-bond acceptors (Lipinski definition) is 2. The number of rotatable bonds is 0. The van der Waals surface area contributed by atoms with Crippen molar-refractivity contribution in [3.05, 3.63) is 0 Å². The first-order valence-electron chi connectivity index (χ1n) is 1.60. The Balaban J connectivity index is 3.20. The fraction of sp³-hybridized carbons (Fsp3) is 0.500. The predicted octanol–water partition coefficient (Wildman–Crippen LogP) is 0.638. The molecule has 1 atom stereocenters. The van der Waals surface area contributed by atoms with Crippen LogP contribution in [0.5, 0.6) is 0 Å². The lowest BCUT2D eigenvalue weighted by atomic mass is 10.5. The predicted molar refractivity (Wildman–Crippen MR) is 28.2 cm³/mol. The standard InChI is InChI=1S/C4H6OS/c1-4(6)2-3-5/h4-6H,1H3. The van der Waals surface area contributed by atoms with Crippen LogP contribution in [0.2, 0.25) is 0 Å². The minimum atomic E-state index is -0.0185. The molecule has 0 rings (SSSR count). The third kappa shape index (κ3) is 3.71. The molecular formula is C4H6OS. The molecule has 34 valence electrons. The maximum atomic E-state index is 7.83. The SMILES string of the molecule is CC(S)C#CO. The molecule has 1 nitrogen and oxygen atoms in total. The largest absolute Gasteiger partial charge is 0.462 e. The molecule has 0 aromatic carbocycles. The summed E-state index contributed by atoms with van der Waals surface area (Å²) in [7, 11) is 0. The zero-order valence-corrected chi connectivity index (χ0v) is 4.37. The van der Waals surface area contributed by atoms with Gasteiger partial charge in [-0.2, -0.15) is 12.6 Å². The van der Waals surface area contributed by atoms with E-state index in [0.29, 0.717) is 0 Å². The summed E-state index contributed by atoms with van der Waals surface area (Å²) in [6, 6.07) is 0. The molecule has 6 heavy (non-hydrogen) atoms. The maximum absolute atomic E-state index is 7.83. The Hall–Kier alpha value is -0.290. The fourth-order valence-electron chi connectivity index (χ4n) is 0.0934. The lowest BCUT2D eigenvalue weighted by Crippen LogP contribution is -1.79. The zero-order chi connectivity index (χ0) is 4.99. The van der Waals surface area contributed by atoms with Crippen molar-refractivity contribution in [3.8, 4) is 12.0 Å². The van der Waals surface area contributed by atoms with Crippen molar-refractivity contribution in [3.63, 3.8) is 0 Å². The summed E-state index contributed by atoms with van der Waals surface area (Å²) in [5.41, 5.74) is 0. The van der Waals surface area contributed by atoms with Crippen LogP contribution < -0.4 is 0 Å². The van der Waals surface area contributed by atoms with E-state index in [4.69, 9.17) is 5.11 Å². The summed E-state index contributed by atoms with van der Waals surface area (Å²) in [5.74, 6) is 2.38. The van der Waals surface area contributed by atoms with Crippen molar-refractivity contribution in [2.45, 2.75) is 12.2 Å². The molecule has 1 N–H and O–H groups in total. The first-order chi connectivity index (χ1) is 2.77. The molecule has 0 fully saturated rings. The van der Waals surface area contributed by atoms with E-state index in [1.807, 2.05) is 0 Å². The van der Waals surface area contributed by atoms with E-state index in [9.17, 15) is 0 Å². The molecule has 0 bridgehead atoms. The van der Waals surface area contributed by atoms with Crippen LogP contribution in [0.3, 0.4) is 0 Å². The molecule has 0 saturated carbocycles. The Morgan fingerprint density at radius 1 is 1.83 bits per heavy atom. The molecule has 0 radical (unpaired) electrons. The van der Waals surface area contributed by atoms with Gasteiger partial charge >= 0.3 is 0 Å². The van der Waals surface area contributed by atoms with Crippen LogP contribution in [-0.2, 0) is 0 Å². The minimum Gasteiger partial charge on any atom is -0.462 e. The van der Waals surface area contributed by atoms with Crippen LogP contribution in [0.1, 0.15) is 6.92 Å². The van der Waals surface area contributed by atoms with Crippen LogP contribution in [0.4, 0.5) is 0 Å². The Kier molecular flexibility index (Phi) is 2.78. The second-order valence-electron chi connectivity index (χ2n) is 0.932. The average molecular weight is 102 g/mol. The van der Waals surface area contributed by atoms with E-state index in [2.05, 4.69) is 18.5 Å². The number of thiol groups is 1. The first kappa shape index (κ1) is 5.71. The van der Waals surface area contributed by atoms with Gasteiger partial charge in [-0.1, -0.05) is 0 Å². The zero-order valence-electron chi connectivity index (χ0n) is 3.47. The van der Waals surface area contributed by atoms with E-state index in [-0.39, 0.29) is 5.25 Å². The highest BCUT2D eigenvalue weighted by molar-refractivity contribution is 7.81. The Labute approximate surface area is 42.8 Å². The number of hydrogen-bond donors (Lipinski definition) is 2. The lowest BCUT2D eigenvalue weighted by Gasteiger charge is -1.80. The molecule has 2 heteroatoms. The first-order valence-corrected chi connectivity index (χ1v) is 2.11. The van der Waals surface area contributed by atoms with Crippen LogP contribution in [0.25, 0.3) is 0 Å². The Bertz CT molecular complexity index is 77.3. The highest BCUT2D eigenvalue weighted by atomic mass is 32.1. The van der Waals surface area contributed by atoms with Crippen LogP contribution >= 0.6 is 12.6 Å². The molecule has 0 aliphatic rings. The van der Waals surface area contributed by atoms with E-state index in [0.717, 1.165) is 0 Å². The monoisotopic (exact) mass is 102 g/mol. The summed E-state index contributed by atoms with van der Waals surface area (Å²) in [6.45, 7) is 1.78. The molecule has 0 heterocycles. The summed E-state index contributed by atoms with van der Waals surface area (Å²) < 4.78 is 0. The van der Waals surface area contributed by atoms with Gasteiger partial charge in [0, 0.05) is 0 Å². The highest BCUT2D eigenvalue weighted by Gasteiger charge is 1.78. The van der Waals surface area contributed by atoms with Gasteiger partial charge in [-0.25, -0.2) is 0 Å². The molecule has 0 aliphatic carbocycles. The van der Waals surface area contributed by atoms with E-state index >= 15 is 0 Å². The Morgan fingerprint density at radius 2 is 2.33 bits per heavy atom. The van der Waals surface area contributed by atoms with E-state index in [1.54, 1.807) is 13.0 Å². The van der Waals surface area contributed by atoms with Crippen molar-refractivity contribution in [2.24, 2.45) is 0 Å². The van der Waals surface area contributed by atoms with Gasteiger partial charge in [0.15, 0.2) is 0 Å². The molecule has 0 aliphatic heterocycles. The topological polar surface area (TPSA) is 20.2 Å². The van der Waals surface area contributed by atoms with Gasteiger partial charge in [0.05, 0.1) is 5.25 Å². The van der Waals surface area contributed by atoms with Crippen molar-refractivity contribution in [2.75, 3.05) is 0 Å². The molecule has 1 unspecified atom stereocenters. The maximum Gasteiger partial charge on any atom is 0.108 e. The van der Waals surface area contributed by atoms with Crippen molar-refractivity contribution >= 4 is 12.6 Å².